The molecule has 2 heterocycles. The molecular formula is C21H19N5O3. The van der Waals surface area contributed by atoms with Crippen LogP contribution in [0.2, 0.25) is 0 Å². The number of pyridine rings is 1. The molecule has 4 aromatic rings. The summed E-state index contributed by atoms with van der Waals surface area (Å²) in [4.78, 5) is 28.7. The molecule has 2 aromatic carbocycles. The van der Waals surface area contributed by atoms with E-state index in [1.807, 2.05) is 44.3 Å². The van der Waals surface area contributed by atoms with Crippen LogP contribution in [0.1, 0.15) is 11.4 Å². The van der Waals surface area contributed by atoms with Crippen LogP contribution in [-0.4, -0.2) is 19.3 Å². The van der Waals surface area contributed by atoms with Crippen LogP contribution in [0.25, 0.3) is 16.5 Å². The zero-order chi connectivity index (χ0) is 20.7. The van der Waals surface area contributed by atoms with Gasteiger partial charge in [0, 0.05) is 24.2 Å². The molecule has 0 bridgehead atoms. The Balaban J connectivity index is 1.90. The van der Waals surface area contributed by atoms with Crippen LogP contribution < -0.4 is 10.9 Å². The molecule has 0 unspecified atom stereocenters. The minimum Gasteiger partial charge on any atom is -0.334 e. The normalized spacial score (nSPS) is 11.0. The number of rotatable bonds is 4. The summed E-state index contributed by atoms with van der Waals surface area (Å²) in [5.41, 5.74) is 2.24. The summed E-state index contributed by atoms with van der Waals surface area (Å²) in [6.45, 7) is 3.60. The Labute approximate surface area is 166 Å². The van der Waals surface area contributed by atoms with Gasteiger partial charge in [0.2, 0.25) is 0 Å². The Hall–Kier alpha value is -3.94. The smallest absolute Gasteiger partial charge is 0.295 e. The van der Waals surface area contributed by atoms with Crippen molar-refractivity contribution in [2.45, 2.75) is 13.8 Å². The van der Waals surface area contributed by atoms with Crippen LogP contribution in [0.3, 0.4) is 0 Å². The van der Waals surface area contributed by atoms with Gasteiger partial charge in [0.05, 0.1) is 21.7 Å². The van der Waals surface area contributed by atoms with Crippen LogP contribution in [0.15, 0.2) is 59.4 Å². The van der Waals surface area contributed by atoms with E-state index in [9.17, 15) is 14.9 Å². The van der Waals surface area contributed by atoms with Crippen molar-refractivity contribution >= 4 is 28.0 Å². The third kappa shape index (κ3) is 3.04. The van der Waals surface area contributed by atoms with Gasteiger partial charge in [-0.05, 0) is 32.0 Å². The second-order valence-electron chi connectivity index (χ2n) is 6.80. The van der Waals surface area contributed by atoms with Crippen LogP contribution in [-0.2, 0) is 7.05 Å². The number of nitrogens with one attached hydrogen (secondary N) is 1. The predicted molar refractivity (Wildman–Crippen MR) is 112 cm³/mol. The molecule has 0 fully saturated rings. The summed E-state index contributed by atoms with van der Waals surface area (Å²) in [5.74, 6) is 0.412. The van der Waals surface area contributed by atoms with Gasteiger partial charge in [-0.3, -0.25) is 19.6 Å². The first kappa shape index (κ1) is 18.4. The molecule has 0 saturated heterocycles. The Bertz CT molecular complexity index is 1310. The topological polar surface area (TPSA) is 95.0 Å². The number of nitro benzene ring substituents is 1. The first-order valence-corrected chi connectivity index (χ1v) is 9.04. The van der Waals surface area contributed by atoms with Gasteiger partial charge in [-0.2, -0.15) is 0 Å². The number of aromatic nitrogens is 3. The maximum Gasteiger partial charge on any atom is 0.295 e. The molecule has 2 aromatic heterocycles. The van der Waals surface area contributed by atoms with Crippen LogP contribution in [0, 0.1) is 24.0 Å². The van der Waals surface area contributed by atoms with E-state index in [1.165, 1.54) is 6.07 Å². The van der Waals surface area contributed by atoms with Crippen molar-refractivity contribution in [3.63, 3.8) is 0 Å². The molecule has 0 saturated carbocycles. The van der Waals surface area contributed by atoms with E-state index in [0.29, 0.717) is 28.0 Å². The number of non-ortho nitro benzene ring substituents is 1. The molecule has 0 amide bonds. The average Bonchev–Trinajstić information content (AvgIpc) is 2.91. The molecule has 4 rings (SSSR count). The van der Waals surface area contributed by atoms with Crippen molar-refractivity contribution in [1.29, 1.82) is 0 Å². The molecule has 0 spiro atoms. The molecule has 1 N–H and O–H groups in total. The summed E-state index contributed by atoms with van der Waals surface area (Å²) in [7, 11) is 1.81. The average molecular weight is 389 g/mol. The Morgan fingerprint density at radius 2 is 1.76 bits per heavy atom. The molecule has 8 nitrogen and oxygen atoms in total. The van der Waals surface area contributed by atoms with E-state index in [1.54, 1.807) is 34.5 Å². The van der Waals surface area contributed by atoms with Gasteiger partial charge in [0.15, 0.2) is 0 Å². The van der Waals surface area contributed by atoms with Crippen molar-refractivity contribution in [2.24, 2.45) is 7.05 Å². The number of hydrogen-bond acceptors (Lipinski definition) is 5. The molecule has 0 aliphatic heterocycles. The summed E-state index contributed by atoms with van der Waals surface area (Å²) in [6, 6.07) is 15.8. The minimum absolute atomic E-state index is 0.00234. The van der Waals surface area contributed by atoms with Crippen molar-refractivity contribution in [3.05, 3.63) is 86.5 Å². The van der Waals surface area contributed by atoms with E-state index in [2.05, 4.69) is 10.3 Å². The second kappa shape index (κ2) is 6.90. The zero-order valence-electron chi connectivity index (χ0n) is 16.2. The maximum atomic E-state index is 13.2. The lowest BCUT2D eigenvalue weighted by atomic mass is 10.1. The van der Waals surface area contributed by atoms with E-state index >= 15 is 0 Å². The number of aryl methyl sites for hydroxylation is 1. The molecule has 8 heteroatoms. The fourth-order valence-electron chi connectivity index (χ4n) is 3.47. The molecule has 29 heavy (non-hydrogen) atoms. The number of para-hydroxylation sites is 1. The van der Waals surface area contributed by atoms with E-state index in [4.69, 9.17) is 0 Å². The molecule has 0 aliphatic rings. The van der Waals surface area contributed by atoms with Crippen molar-refractivity contribution in [3.8, 4) is 5.69 Å². The zero-order valence-corrected chi connectivity index (χ0v) is 16.2. The highest BCUT2D eigenvalue weighted by atomic mass is 16.6. The Kier molecular flexibility index (Phi) is 4.38. The van der Waals surface area contributed by atoms with Gasteiger partial charge in [0.25, 0.3) is 11.2 Å². The van der Waals surface area contributed by atoms with Crippen molar-refractivity contribution in [2.75, 3.05) is 5.32 Å². The number of benzene rings is 2. The van der Waals surface area contributed by atoms with E-state index in [0.717, 1.165) is 11.4 Å². The van der Waals surface area contributed by atoms with Gasteiger partial charge >= 0.3 is 0 Å². The fraction of sp³-hybridized carbons (Fsp3) is 0.143. The standard InChI is InChI=1S/C21H19N5O3/c1-13-12-17-16(10-7-11-18(17)26(28)29)20(22-13)23-19-14(2)24(3)25(21(19)27)15-8-5-4-6-9-15/h4-12H,1-3H3,(H,22,23). The fourth-order valence-corrected chi connectivity index (χ4v) is 3.47. The Morgan fingerprint density at radius 3 is 2.45 bits per heavy atom. The van der Waals surface area contributed by atoms with Crippen molar-refractivity contribution < 1.29 is 4.92 Å². The number of anilines is 2. The maximum absolute atomic E-state index is 13.2. The molecule has 0 aliphatic carbocycles. The molecular weight excluding hydrogens is 370 g/mol. The first-order valence-electron chi connectivity index (χ1n) is 9.04. The number of hydrogen-bond donors (Lipinski definition) is 1. The monoisotopic (exact) mass is 389 g/mol. The SMILES string of the molecule is Cc1cc2c([N+](=O)[O-])cccc2c(Nc2c(C)n(C)n(-c3ccccc3)c2=O)n1. The summed E-state index contributed by atoms with van der Waals surface area (Å²) in [6.07, 6.45) is 0. The van der Waals surface area contributed by atoms with E-state index < -0.39 is 4.92 Å². The lowest BCUT2D eigenvalue weighted by Gasteiger charge is -2.09. The highest BCUT2D eigenvalue weighted by Gasteiger charge is 2.20. The van der Waals surface area contributed by atoms with Gasteiger partial charge in [-0.25, -0.2) is 9.67 Å². The highest BCUT2D eigenvalue weighted by molar-refractivity contribution is 5.99. The van der Waals surface area contributed by atoms with Crippen LogP contribution in [0.4, 0.5) is 17.2 Å². The predicted octanol–water partition coefficient (Wildman–Crippen LogP) is 3.99. The van der Waals surface area contributed by atoms with Gasteiger partial charge in [-0.15, -0.1) is 0 Å². The lowest BCUT2D eigenvalue weighted by Crippen LogP contribution is -2.20. The van der Waals surface area contributed by atoms with Gasteiger partial charge in [-0.1, -0.05) is 30.3 Å². The second-order valence-corrected chi connectivity index (χ2v) is 6.80. The summed E-state index contributed by atoms with van der Waals surface area (Å²) >= 11 is 0. The summed E-state index contributed by atoms with van der Waals surface area (Å²) in [5, 5.41) is 15.6. The van der Waals surface area contributed by atoms with Gasteiger partial charge in [0.1, 0.15) is 11.5 Å². The Morgan fingerprint density at radius 1 is 1.03 bits per heavy atom. The summed E-state index contributed by atoms with van der Waals surface area (Å²) < 4.78 is 3.33. The van der Waals surface area contributed by atoms with E-state index in [-0.39, 0.29) is 11.2 Å². The first-order chi connectivity index (χ1) is 13.9. The molecule has 0 atom stereocenters. The quantitative estimate of drug-likeness (QED) is 0.421. The number of fused-ring (bicyclic) bond motifs is 1. The minimum atomic E-state index is -0.415. The van der Waals surface area contributed by atoms with Gasteiger partial charge < -0.3 is 5.32 Å². The van der Waals surface area contributed by atoms with Crippen molar-refractivity contribution in [1.82, 2.24) is 14.3 Å². The number of nitrogens with zero attached hydrogens (tertiary/aromatic N) is 4. The van der Waals surface area contributed by atoms with Crippen LogP contribution in [0.5, 0.6) is 0 Å². The molecule has 0 radical (unpaired) electrons. The lowest BCUT2D eigenvalue weighted by molar-refractivity contribution is -0.383. The highest BCUT2D eigenvalue weighted by Crippen LogP contribution is 2.32. The molecule has 146 valence electrons. The third-order valence-electron chi connectivity index (χ3n) is 4.97. The third-order valence-corrected chi connectivity index (χ3v) is 4.97. The largest absolute Gasteiger partial charge is 0.334 e. The van der Waals surface area contributed by atoms with Crippen LogP contribution >= 0.6 is 0 Å². The number of nitro groups is 1.